The number of nitro benzene ring substituents is 1. The van der Waals surface area contributed by atoms with Crippen molar-refractivity contribution in [3.8, 4) is 5.75 Å². The lowest BCUT2D eigenvalue weighted by Gasteiger charge is -2.35. The van der Waals surface area contributed by atoms with Crippen molar-refractivity contribution < 1.29 is 24.4 Å². The van der Waals surface area contributed by atoms with Crippen LogP contribution in [0.4, 0.5) is 17.1 Å². The molecule has 154 valence electrons. The Balaban J connectivity index is 1.73. The van der Waals surface area contributed by atoms with Gasteiger partial charge in [-0.1, -0.05) is 24.3 Å². The van der Waals surface area contributed by atoms with Crippen LogP contribution < -0.4 is 15.0 Å². The predicted octanol–water partition coefficient (Wildman–Crippen LogP) is 2.78. The Bertz CT molecular complexity index is 1270. The summed E-state index contributed by atoms with van der Waals surface area (Å²) in [5.74, 6) is -0.404. The zero-order chi connectivity index (χ0) is 21.8. The molecule has 0 spiro atoms. The highest BCUT2D eigenvalue weighted by Crippen LogP contribution is 2.46. The molecule has 2 amide bonds. The summed E-state index contributed by atoms with van der Waals surface area (Å²) in [4.78, 5) is 36.9. The average molecular weight is 417 g/mol. The maximum absolute atomic E-state index is 13.3. The van der Waals surface area contributed by atoms with Crippen LogP contribution in [0.1, 0.15) is 21.5 Å². The molecule has 1 unspecified atom stereocenters. The van der Waals surface area contributed by atoms with Crippen molar-refractivity contribution in [3.63, 3.8) is 0 Å². The monoisotopic (exact) mass is 417 g/mol. The van der Waals surface area contributed by atoms with Gasteiger partial charge in [-0.3, -0.25) is 24.6 Å². The smallest absolute Gasteiger partial charge is 0.271 e. The third-order valence-electron chi connectivity index (χ3n) is 5.37. The lowest BCUT2D eigenvalue weighted by Crippen LogP contribution is -2.45. The van der Waals surface area contributed by atoms with Crippen LogP contribution in [-0.4, -0.2) is 28.5 Å². The van der Waals surface area contributed by atoms with Crippen LogP contribution in [0.5, 0.6) is 5.75 Å². The van der Waals surface area contributed by atoms with Crippen LogP contribution in [0.25, 0.3) is 0 Å². The van der Waals surface area contributed by atoms with Crippen molar-refractivity contribution in [2.24, 2.45) is 0 Å². The van der Waals surface area contributed by atoms with Gasteiger partial charge in [0.25, 0.3) is 17.5 Å². The molecule has 0 aliphatic carbocycles. The van der Waals surface area contributed by atoms with Gasteiger partial charge in [0.05, 0.1) is 16.3 Å². The summed E-state index contributed by atoms with van der Waals surface area (Å²) in [6.45, 7) is -0.113. The number of hydrogen-bond donors (Lipinski definition) is 2. The van der Waals surface area contributed by atoms with E-state index < -0.39 is 16.6 Å². The summed E-state index contributed by atoms with van der Waals surface area (Å²) < 4.78 is 5.38. The molecule has 9 nitrogen and oxygen atoms in total. The Kier molecular flexibility index (Phi) is 4.02. The molecule has 0 saturated carbocycles. The van der Waals surface area contributed by atoms with Crippen molar-refractivity contribution in [3.05, 3.63) is 93.5 Å². The van der Waals surface area contributed by atoms with E-state index in [2.05, 4.69) is 5.32 Å². The highest BCUT2D eigenvalue weighted by molar-refractivity contribution is 6.12. The topological polar surface area (TPSA) is 122 Å². The van der Waals surface area contributed by atoms with E-state index in [1.54, 1.807) is 36.4 Å². The average Bonchev–Trinajstić information content (AvgIpc) is 3.01. The van der Waals surface area contributed by atoms with Crippen LogP contribution in [0.15, 0.2) is 66.7 Å². The van der Waals surface area contributed by atoms with Crippen LogP contribution in [-0.2, 0) is 10.5 Å². The van der Waals surface area contributed by atoms with Gasteiger partial charge < -0.3 is 15.2 Å². The fraction of sp³-hybridized carbons (Fsp3) is 0.0909. The number of hydrogen-bond acceptors (Lipinski definition) is 6. The number of nitro groups is 1. The number of ether oxygens (including phenoxy) is 1. The third kappa shape index (κ3) is 2.75. The lowest BCUT2D eigenvalue weighted by molar-refractivity contribution is -0.384. The minimum Gasteiger partial charge on any atom is -0.482 e. The van der Waals surface area contributed by atoms with Crippen LogP contribution >= 0.6 is 0 Å². The Hall–Kier alpha value is -4.24. The summed E-state index contributed by atoms with van der Waals surface area (Å²) in [6, 6.07) is 16.8. The fourth-order valence-corrected chi connectivity index (χ4v) is 4.00. The molecular weight excluding hydrogens is 402 g/mol. The maximum atomic E-state index is 13.3. The van der Waals surface area contributed by atoms with Crippen molar-refractivity contribution in [2.45, 2.75) is 5.72 Å². The molecule has 5 rings (SSSR count). The molecule has 9 heteroatoms. The number of amides is 2. The molecule has 2 aliphatic heterocycles. The van der Waals surface area contributed by atoms with Gasteiger partial charge in [-0.25, -0.2) is 0 Å². The Labute approximate surface area is 175 Å². The first-order valence-corrected chi connectivity index (χ1v) is 9.37. The number of anilines is 2. The van der Waals surface area contributed by atoms with E-state index in [1.165, 1.54) is 30.3 Å². The van der Waals surface area contributed by atoms with Crippen molar-refractivity contribution in [1.82, 2.24) is 0 Å². The second-order valence-corrected chi connectivity index (χ2v) is 7.18. The minimum absolute atomic E-state index is 0.113. The largest absolute Gasteiger partial charge is 0.482 e. The number of benzene rings is 3. The van der Waals surface area contributed by atoms with E-state index in [1.807, 2.05) is 0 Å². The number of nitrogens with one attached hydrogen (secondary N) is 1. The number of rotatable bonds is 3. The summed E-state index contributed by atoms with van der Waals surface area (Å²) in [5, 5.41) is 25.9. The SMILES string of the molecule is O=C1COc2ccc(C3(O)c4ccccc4C(=O)N3c3cccc([N+](=O)[O-])c3)cc2N1. The van der Waals surface area contributed by atoms with Gasteiger partial charge in [0.1, 0.15) is 5.75 Å². The zero-order valence-electron chi connectivity index (χ0n) is 15.9. The van der Waals surface area contributed by atoms with Crippen molar-refractivity contribution in [1.29, 1.82) is 0 Å². The summed E-state index contributed by atoms with van der Waals surface area (Å²) in [7, 11) is 0. The van der Waals surface area contributed by atoms with Crippen LogP contribution in [0, 0.1) is 10.1 Å². The number of aliphatic hydroxyl groups is 1. The van der Waals surface area contributed by atoms with Crippen molar-refractivity contribution >= 4 is 28.9 Å². The van der Waals surface area contributed by atoms with Crippen LogP contribution in [0.3, 0.4) is 0 Å². The number of carbonyl (C=O) groups is 2. The zero-order valence-corrected chi connectivity index (χ0v) is 15.9. The quantitative estimate of drug-likeness (QED) is 0.499. The van der Waals surface area contributed by atoms with Gasteiger partial charge in [0.15, 0.2) is 12.3 Å². The molecule has 0 saturated heterocycles. The van der Waals surface area contributed by atoms with E-state index in [9.17, 15) is 24.8 Å². The molecular formula is C22H15N3O6. The first-order valence-electron chi connectivity index (χ1n) is 9.37. The summed E-state index contributed by atoms with van der Waals surface area (Å²) in [6.07, 6.45) is 0. The molecule has 0 radical (unpaired) electrons. The second kappa shape index (κ2) is 6.64. The highest BCUT2D eigenvalue weighted by Gasteiger charge is 2.51. The first-order chi connectivity index (χ1) is 14.9. The molecule has 1 atom stereocenters. The number of nitrogens with zero attached hydrogens (tertiary/aromatic N) is 2. The molecule has 0 bridgehead atoms. The molecule has 2 aliphatic rings. The molecule has 0 aromatic heterocycles. The Morgan fingerprint density at radius 3 is 2.68 bits per heavy atom. The fourth-order valence-electron chi connectivity index (χ4n) is 4.00. The standard InChI is InChI=1S/C22H15N3O6/c26-20-12-31-19-9-8-13(10-18(19)23-20)22(28)17-7-2-1-6-16(17)21(27)24(22)14-4-3-5-15(11-14)25(29)30/h1-11,28H,12H2,(H,23,26). The van der Waals surface area contributed by atoms with E-state index in [0.717, 1.165) is 4.90 Å². The molecule has 0 fully saturated rings. The molecule has 3 aromatic rings. The highest BCUT2D eigenvalue weighted by atomic mass is 16.6. The lowest BCUT2D eigenvalue weighted by atomic mass is 9.93. The van der Waals surface area contributed by atoms with Crippen LogP contribution in [0.2, 0.25) is 0 Å². The summed E-state index contributed by atoms with van der Waals surface area (Å²) >= 11 is 0. The van der Waals surface area contributed by atoms with Crippen molar-refractivity contribution in [2.75, 3.05) is 16.8 Å². The van der Waals surface area contributed by atoms with E-state index >= 15 is 0 Å². The summed E-state index contributed by atoms with van der Waals surface area (Å²) in [5.41, 5.74) is -0.755. The third-order valence-corrected chi connectivity index (χ3v) is 5.37. The number of non-ortho nitro benzene ring substituents is 1. The van der Waals surface area contributed by atoms with Gasteiger partial charge in [0, 0.05) is 28.8 Å². The van der Waals surface area contributed by atoms with Gasteiger partial charge in [0.2, 0.25) is 0 Å². The molecule has 3 aromatic carbocycles. The Morgan fingerprint density at radius 2 is 1.87 bits per heavy atom. The maximum Gasteiger partial charge on any atom is 0.271 e. The van der Waals surface area contributed by atoms with Gasteiger partial charge in [-0.2, -0.15) is 0 Å². The second-order valence-electron chi connectivity index (χ2n) is 7.18. The normalized spacial score (nSPS) is 19.3. The predicted molar refractivity (Wildman–Crippen MR) is 110 cm³/mol. The van der Waals surface area contributed by atoms with Gasteiger partial charge in [-0.05, 0) is 30.3 Å². The first kappa shape index (κ1) is 18.8. The van der Waals surface area contributed by atoms with E-state index in [0.29, 0.717) is 22.6 Å². The van der Waals surface area contributed by atoms with E-state index in [-0.39, 0.29) is 29.5 Å². The number of fused-ring (bicyclic) bond motifs is 2. The molecule has 2 heterocycles. The molecule has 2 N–H and O–H groups in total. The van der Waals surface area contributed by atoms with Gasteiger partial charge in [-0.15, -0.1) is 0 Å². The Morgan fingerprint density at radius 1 is 1.06 bits per heavy atom. The number of carbonyl (C=O) groups excluding carboxylic acids is 2. The molecule has 31 heavy (non-hydrogen) atoms. The van der Waals surface area contributed by atoms with E-state index in [4.69, 9.17) is 4.74 Å². The van der Waals surface area contributed by atoms with Gasteiger partial charge >= 0.3 is 0 Å². The minimum atomic E-state index is -1.96.